The van der Waals surface area contributed by atoms with E-state index in [9.17, 15) is 18.0 Å². The van der Waals surface area contributed by atoms with Crippen molar-refractivity contribution >= 4 is 21.8 Å². The lowest BCUT2D eigenvalue weighted by atomic mass is 9.78. The Hall–Kier alpha value is -1.93. The molecule has 0 unspecified atom stereocenters. The van der Waals surface area contributed by atoms with E-state index in [1.807, 2.05) is 23.1 Å². The molecule has 8 heteroatoms. The van der Waals surface area contributed by atoms with Crippen LogP contribution in [0, 0.1) is 5.41 Å². The molecule has 7 nitrogen and oxygen atoms in total. The summed E-state index contributed by atoms with van der Waals surface area (Å²) in [4.78, 5) is 29.0. The van der Waals surface area contributed by atoms with E-state index in [0.29, 0.717) is 19.5 Å². The largest absolute Gasteiger partial charge is 0.342 e. The van der Waals surface area contributed by atoms with E-state index >= 15 is 0 Å². The summed E-state index contributed by atoms with van der Waals surface area (Å²) in [6.45, 7) is 2.17. The molecule has 2 saturated heterocycles. The molecule has 154 valence electrons. The van der Waals surface area contributed by atoms with E-state index in [1.54, 1.807) is 4.90 Å². The molecular weight excluding hydrogens is 378 g/mol. The van der Waals surface area contributed by atoms with Gasteiger partial charge in [0.15, 0.2) is 0 Å². The summed E-state index contributed by atoms with van der Waals surface area (Å²) in [6, 6.07) is 10.3. The fourth-order valence-electron chi connectivity index (χ4n) is 4.25. The third-order valence-electron chi connectivity index (χ3n) is 5.75. The van der Waals surface area contributed by atoms with Gasteiger partial charge < -0.3 is 9.80 Å². The van der Waals surface area contributed by atoms with E-state index in [-0.39, 0.29) is 18.4 Å². The molecule has 1 N–H and O–H groups in total. The minimum absolute atomic E-state index is 0.151. The smallest absolute Gasteiger partial charge is 0.237 e. The SMILES string of the molecule is CS(=O)(=O)NCC(=O)N1CC[C@@]2(CCCN(CCCc3ccccc3)C2=O)C1. The first kappa shape index (κ1) is 20.8. The highest BCUT2D eigenvalue weighted by atomic mass is 32.2. The van der Waals surface area contributed by atoms with Crippen LogP contribution in [-0.4, -0.2) is 69.0 Å². The van der Waals surface area contributed by atoms with Crippen molar-refractivity contribution in [1.29, 1.82) is 0 Å². The standard InChI is InChI=1S/C20H29N3O4S/c1-28(26,27)21-15-18(24)23-14-11-20(16-23)10-6-13-22(19(20)25)12-5-9-17-7-3-2-4-8-17/h2-4,7-8,21H,5-6,9-16H2,1H3/t20-/m0/s1. The number of nitrogens with one attached hydrogen (secondary N) is 1. The number of amides is 2. The first-order valence-corrected chi connectivity index (χ1v) is 11.7. The van der Waals surface area contributed by atoms with Crippen LogP contribution in [0.5, 0.6) is 0 Å². The van der Waals surface area contributed by atoms with Gasteiger partial charge in [-0.15, -0.1) is 0 Å². The van der Waals surface area contributed by atoms with Gasteiger partial charge in [0.05, 0.1) is 18.2 Å². The maximum absolute atomic E-state index is 13.2. The van der Waals surface area contributed by atoms with Crippen LogP contribution in [0.4, 0.5) is 0 Å². The van der Waals surface area contributed by atoms with Crippen molar-refractivity contribution in [2.75, 3.05) is 39.0 Å². The molecule has 3 rings (SSSR count). The van der Waals surface area contributed by atoms with Crippen molar-refractivity contribution in [3.63, 3.8) is 0 Å². The number of sulfonamides is 1. The normalized spacial score (nSPS) is 22.8. The molecule has 1 spiro atoms. The Morgan fingerprint density at radius 1 is 1.18 bits per heavy atom. The Bertz CT molecular complexity index is 812. The Morgan fingerprint density at radius 2 is 1.93 bits per heavy atom. The van der Waals surface area contributed by atoms with Crippen LogP contribution in [0.15, 0.2) is 30.3 Å². The molecule has 1 aromatic rings. The molecule has 0 bridgehead atoms. The Morgan fingerprint density at radius 3 is 2.64 bits per heavy atom. The average Bonchev–Trinajstić information content (AvgIpc) is 3.09. The highest BCUT2D eigenvalue weighted by molar-refractivity contribution is 7.88. The lowest BCUT2D eigenvalue weighted by Crippen LogP contribution is -2.51. The average molecular weight is 408 g/mol. The number of nitrogens with zero attached hydrogens (tertiary/aromatic N) is 2. The summed E-state index contributed by atoms with van der Waals surface area (Å²) in [6.07, 6.45) is 5.30. The van der Waals surface area contributed by atoms with Gasteiger partial charge in [-0.1, -0.05) is 30.3 Å². The van der Waals surface area contributed by atoms with Gasteiger partial charge in [-0.3, -0.25) is 9.59 Å². The van der Waals surface area contributed by atoms with Crippen LogP contribution < -0.4 is 4.72 Å². The second-order valence-electron chi connectivity index (χ2n) is 7.92. The number of aryl methyl sites for hydroxylation is 1. The first-order valence-electron chi connectivity index (χ1n) is 9.85. The maximum atomic E-state index is 13.2. The fraction of sp³-hybridized carbons (Fsp3) is 0.600. The second kappa shape index (κ2) is 8.61. The quantitative estimate of drug-likeness (QED) is 0.731. The molecule has 2 heterocycles. The molecule has 1 aromatic carbocycles. The number of carbonyl (C=O) groups excluding carboxylic acids is 2. The predicted octanol–water partition coefficient (Wildman–Crippen LogP) is 1.01. The third-order valence-corrected chi connectivity index (χ3v) is 6.42. The molecule has 0 radical (unpaired) electrons. The van der Waals surface area contributed by atoms with Crippen molar-refractivity contribution < 1.29 is 18.0 Å². The number of rotatable bonds is 7. The van der Waals surface area contributed by atoms with Crippen molar-refractivity contribution in [2.45, 2.75) is 32.1 Å². The van der Waals surface area contributed by atoms with Gasteiger partial charge in [0.1, 0.15) is 0 Å². The van der Waals surface area contributed by atoms with Gasteiger partial charge >= 0.3 is 0 Å². The van der Waals surface area contributed by atoms with Crippen molar-refractivity contribution in [3.8, 4) is 0 Å². The van der Waals surface area contributed by atoms with E-state index in [4.69, 9.17) is 0 Å². The van der Waals surface area contributed by atoms with Crippen LogP contribution in [0.3, 0.4) is 0 Å². The van der Waals surface area contributed by atoms with Crippen molar-refractivity contribution in [1.82, 2.24) is 14.5 Å². The van der Waals surface area contributed by atoms with E-state index in [2.05, 4.69) is 16.9 Å². The minimum atomic E-state index is -3.41. The molecule has 2 aliphatic heterocycles. The lowest BCUT2D eigenvalue weighted by Gasteiger charge is -2.39. The number of hydrogen-bond acceptors (Lipinski definition) is 4. The van der Waals surface area contributed by atoms with E-state index in [0.717, 1.165) is 45.0 Å². The number of benzene rings is 1. The highest BCUT2D eigenvalue weighted by Crippen LogP contribution is 2.40. The summed E-state index contributed by atoms with van der Waals surface area (Å²) in [5.41, 5.74) is 0.781. The summed E-state index contributed by atoms with van der Waals surface area (Å²) in [5, 5.41) is 0. The van der Waals surface area contributed by atoms with Gasteiger partial charge in [-0.05, 0) is 37.7 Å². The van der Waals surface area contributed by atoms with Gasteiger partial charge in [0.25, 0.3) is 0 Å². The zero-order valence-corrected chi connectivity index (χ0v) is 17.2. The lowest BCUT2D eigenvalue weighted by molar-refractivity contribution is -0.146. The minimum Gasteiger partial charge on any atom is -0.342 e. The van der Waals surface area contributed by atoms with Crippen LogP contribution >= 0.6 is 0 Å². The topological polar surface area (TPSA) is 86.8 Å². The van der Waals surface area contributed by atoms with Gasteiger partial charge in [0.2, 0.25) is 21.8 Å². The summed E-state index contributed by atoms with van der Waals surface area (Å²) >= 11 is 0. The zero-order chi connectivity index (χ0) is 20.2. The Balaban J connectivity index is 1.54. The van der Waals surface area contributed by atoms with E-state index in [1.165, 1.54) is 5.56 Å². The predicted molar refractivity (Wildman–Crippen MR) is 107 cm³/mol. The Kier molecular flexibility index (Phi) is 6.40. The van der Waals surface area contributed by atoms with Crippen LogP contribution in [0.2, 0.25) is 0 Å². The number of carbonyl (C=O) groups is 2. The number of likely N-dealkylation sites (tertiary alicyclic amines) is 2. The molecule has 28 heavy (non-hydrogen) atoms. The van der Waals surface area contributed by atoms with Crippen LogP contribution in [-0.2, 0) is 26.0 Å². The van der Waals surface area contributed by atoms with E-state index < -0.39 is 15.4 Å². The molecular formula is C20H29N3O4S. The molecule has 2 amide bonds. The Labute approximate surface area is 167 Å². The summed E-state index contributed by atoms with van der Waals surface area (Å²) in [5.74, 6) is -0.116. The molecule has 0 aliphatic carbocycles. The summed E-state index contributed by atoms with van der Waals surface area (Å²) in [7, 11) is -3.41. The number of piperidine rings is 1. The third kappa shape index (κ3) is 5.11. The monoisotopic (exact) mass is 407 g/mol. The van der Waals surface area contributed by atoms with Crippen LogP contribution in [0.25, 0.3) is 0 Å². The van der Waals surface area contributed by atoms with Gasteiger partial charge in [-0.2, -0.15) is 0 Å². The van der Waals surface area contributed by atoms with Crippen molar-refractivity contribution in [2.24, 2.45) is 5.41 Å². The zero-order valence-electron chi connectivity index (χ0n) is 16.4. The molecule has 2 aliphatic rings. The highest BCUT2D eigenvalue weighted by Gasteiger charge is 2.49. The summed E-state index contributed by atoms with van der Waals surface area (Å²) < 4.78 is 24.6. The van der Waals surface area contributed by atoms with Gasteiger partial charge in [-0.25, -0.2) is 13.1 Å². The molecule has 0 aromatic heterocycles. The van der Waals surface area contributed by atoms with Gasteiger partial charge in [0, 0.05) is 26.2 Å². The second-order valence-corrected chi connectivity index (χ2v) is 9.76. The van der Waals surface area contributed by atoms with Crippen LogP contribution in [0.1, 0.15) is 31.2 Å². The fourth-order valence-corrected chi connectivity index (χ4v) is 4.64. The maximum Gasteiger partial charge on any atom is 0.237 e. The first-order chi connectivity index (χ1) is 13.3. The number of hydrogen-bond donors (Lipinski definition) is 1. The molecule has 0 saturated carbocycles. The molecule has 1 atom stereocenters. The molecule has 2 fully saturated rings. The van der Waals surface area contributed by atoms with Crippen molar-refractivity contribution in [3.05, 3.63) is 35.9 Å².